The van der Waals surface area contributed by atoms with Crippen molar-refractivity contribution in [2.45, 2.75) is 57.7 Å². The molecule has 1 aliphatic carbocycles. The number of methoxy groups -OCH3 is 1. The zero-order valence-corrected chi connectivity index (χ0v) is 24.5. The van der Waals surface area contributed by atoms with Crippen molar-refractivity contribution in [3.8, 4) is 16.9 Å². The minimum absolute atomic E-state index is 0.0346. The third kappa shape index (κ3) is 5.60. The topological polar surface area (TPSA) is 41.6 Å². The second-order valence-corrected chi connectivity index (χ2v) is 11.7. The van der Waals surface area contributed by atoms with Gasteiger partial charge in [-0.25, -0.2) is 8.78 Å². The van der Waals surface area contributed by atoms with Crippen LogP contribution in [0.1, 0.15) is 53.4 Å². The predicted octanol–water partition coefficient (Wildman–Crippen LogP) is 8.24. The number of nitrogens with zero attached hydrogens (tertiary/aromatic N) is 1. The number of hydrogen-bond acceptors (Lipinski definition) is 4. The lowest BCUT2D eigenvalue weighted by Crippen LogP contribution is -2.44. The first kappa shape index (κ1) is 28.5. The lowest BCUT2D eigenvalue weighted by Gasteiger charge is -2.37. The zero-order valence-electron chi connectivity index (χ0n) is 22.9. The smallest absolute Gasteiger partial charge is 0.266 e. The fraction of sp³-hybridized carbons (Fsp3) is 0.344. The van der Waals surface area contributed by atoms with Crippen LogP contribution in [0.2, 0.25) is 5.02 Å². The van der Waals surface area contributed by atoms with Crippen LogP contribution in [0.3, 0.4) is 0 Å². The quantitative estimate of drug-likeness (QED) is 0.227. The molecule has 1 fully saturated rings. The van der Waals surface area contributed by atoms with Crippen LogP contribution in [0.25, 0.3) is 21.2 Å². The Hall–Kier alpha value is -3.00. The number of fused-ring (bicyclic) bond motifs is 1. The maximum Gasteiger partial charge on any atom is 0.266 e. The van der Waals surface area contributed by atoms with Crippen molar-refractivity contribution < 1.29 is 18.3 Å². The molecule has 0 spiro atoms. The van der Waals surface area contributed by atoms with Crippen molar-refractivity contribution >= 4 is 38.9 Å². The average Bonchev–Trinajstić information content (AvgIpc) is 3.35. The van der Waals surface area contributed by atoms with Gasteiger partial charge in [0.25, 0.3) is 5.91 Å². The first-order valence-electron chi connectivity index (χ1n) is 13.6. The van der Waals surface area contributed by atoms with Gasteiger partial charge in [-0.05, 0) is 80.1 Å². The molecule has 4 nitrogen and oxygen atoms in total. The predicted molar refractivity (Wildman–Crippen MR) is 160 cm³/mol. The van der Waals surface area contributed by atoms with E-state index in [1.54, 1.807) is 7.11 Å². The molecule has 4 aromatic rings. The Morgan fingerprint density at radius 2 is 1.70 bits per heavy atom. The molecule has 8 heteroatoms. The Kier molecular flexibility index (Phi) is 8.74. The zero-order chi connectivity index (χ0) is 28.4. The van der Waals surface area contributed by atoms with Gasteiger partial charge in [0.15, 0.2) is 0 Å². The van der Waals surface area contributed by atoms with Gasteiger partial charge in [0, 0.05) is 24.2 Å². The van der Waals surface area contributed by atoms with E-state index in [-0.39, 0.29) is 38.5 Å². The first-order chi connectivity index (χ1) is 19.3. The van der Waals surface area contributed by atoms with Crippen LogP contribution in [-0.4, -0.2) is 37.0 Å². The van der Waals surface area contributed by atoms with E-state index in [1.807, 2.05) is 24.1 Å². The molecule has 1 amide bonds. The molecule has 1 heterocycles. The normalized spacial score (nSPS) is 17.2. The van der Waals surface area contributed by atoms with Gasteiger partial charge >= 0.3 is 0 Å². The summed E-state index contributed by atoms with van der Waals surface area (Å²) in [5.74, 6) is -0.874. The largest absolute Gasteiger partial charge is 0.496 e. The molecular weight excluding hydrogens is 550 g/mol. The second-order valence-electron chi connectivity index (χ2n) is 10.3. The summed E-state index contributed by atoms with van der Waals surface area (Å²) in [5, 5.41) is 3.27. The van der Waals surface area contributed by atoms with Gasteiger partial charge in [0.1, 0.15) is 22.3 Å². The minimum atomic E-state index is -0.638. The number of aryl methyl sites for hydroxylation is 1. The fourth-order valence-electron chi connectivity index (χ4n) is 5.61. The summed E-state index contributed by atoms with van der Waals surface area (Å²) < 4.78 is 35.0. The van der Waals surface area contributed by atoms with E-state index in [0.717, 1.165) is 72.3 Å². The number of thiophene rings is 1. The van der Waals surface area contributed by atoms with Crippen LogP contribution >= 0.6 is 22.9 Å². The number of ether oxygens (including phenoxy) is 1. The van der Waals surface area contributed by atoms with Gasteiger partial charge < -0.3 is 15.0 Å². The van der Waals surface area contributed by atoms with Crippen LogP contribution < -0.4 is 10.1 Å². The summed E-state index contributed by atoms with van der Waals surface area (Å²) in [7, 11) is 3.57. The summed E-state index contributed by atoms with van der Waals surface area (Å²) in [4.78, 5) is 16.2. The van der Waals surface area contributed by atoms with Crippen LogP contribution in [-0.2, 0) is 13.0 Å². The van der Waals surface area contributed by atoms with E-state index in [0.29, 0.717) is 11.8 Å². The minimum Gasteiger partial charge on any atom is -0.496 e. The summed E-state index contributed by atoms with van der Waals surface area (Å²) in [6.07, 6.45) is 4.44. The van der Waals surface area contributed by atoms with Gasteiger partial charge in [-0.3, -0.25) is 4.79 Å². The number of amides is 1. The Labute approximate surface area is 242 Å². The summed E-state index contributed by atoms with van der Waals surface area (Å²) in [5.41, 5.74) is 4.22. The number of carbonyl (C=O) groups is 1. The van der Waals surface area contributed by atoms with Crippen molar-refractivity contribution in [1.82, 2.24) is 10.2 Å². The van der Waals surface area contributed by atoms with E-state index < -0.39 is 11.6 Å². The molecule has 3 aromatic carbocycles. The number of benzene rings is 3. The number of rotatable bonds is 8. The molecule has 1 saturated carbocycles. The molecule has 1 N–H and O–H groups in total. The Morgan fingerprint density at radius 3 is 2.33 bits per heavy atom. The van der Waals surface area contributed by atoms with E-state index in [2.05, 4.69) is 42.6 Å². The lowest BCUT2D eigenvalue weighted by molar-refractivity contribution is 0.0604. The number of hydrogen-bond donors (Lipinski definition) is 1. The molecule has 5 rings (SSSR count). The Balaban J connectivity index is 1.55. The standard InChI is InChI=1S/C32H33ClF2N2O2S/c1-4-19-5-7-20(8-6-19)21-9-16-27(39-3)22(17-21)18-37(24-12-10-23(36-2)11-13-24)32(38)31-29(33)28-25(34)14-15-26(35)30(28)40-31/h5-9,14-17,23-24,36H,4,10-13,18H2,1-3H3/t23-,24-. The van der Waals surface area contributed by atoms with Crippen molar-refractivity contribution in [1.29, 1.82) is 0 Å². The lowest BCUT2D eigenvalue weighted by atomic mass is 9.89. The highest BCUT2D eigenvalue weighted by atomic mass is 35.5. The van der Waals surface area contributed by atoms with Crippen molar-refractivity contribution in [3.05, 3.63) is 87.3 Å². The number of halogens is 3. The van der Waals surface area contributed by atoms with Crippen LogP contribution in [0.15, 0.2) is 54.6 Å². The molecule has 210 valence electrons. The van der Waals surface area contributed by atoms with Crippen LogP contribution in [0.4, 0.5) is 8.78 Å². The van der Waals surface area contributed by atoms with E-state index >= 15 is 0 Å². The second kappa shape index (κ2) is 12.2. The maximum absolute atomic E-state index is 14.6. The summed E-state index contributed by atoms with van der Waals surface area (Å²) in [6, 6.07) is 16.9. The molecule has 0 atom stereocenters. The summed E-state index contributed by atoms with van der Waals surface area (Å²) >= 11 is 7.48. The van der Waals surface area contributed by atoms with Gasteiger partial charge in [0.05, 0.1) is 22.2 Å². The molecule has 0 unspecified atom stereocenters. The molecule has 1 aliphatic rings. The molecule has 40 heavy (non-hydrogen) atoms. The van der Waals surface area contributed by atoms with E-state index in [9.17, 15) is 13.6 Å². The summed E-state index contributed by atoms with van der Waals surface area (Å²) in [6.45, 7) is 2.41. The van der Waals surface area contributed by atoms with Crippen molar-refractivity contribution in [2.75, 3.05) is 14.2 Å². The first-order valence-corrected chi connectivity index (χ1v) is 14.8. The molecule has 1 aromatic heterocycles. The molecule has 0 aliphatic heterocycles. The van der Waals surface area contributed by atoms with Crippen LogP contribution in [0.5, 0.6) is 5.75 Å². The van der Waals surface area contributed by atoms with E-state index in [1.165, 1.54) is 5.56 Å². The van der Waals surface area contributed by atoms with Gasteiger partial charge in [-0.15, -0.1) is 11.3 Å². The van der Waals surface area contributed by atoms with Gasteiger partial charge in [-0.2, -0.15) is 0 Å². The van der Waals surface area contributed by atoms with Crippen molar-refractivity contribution in [2.24, 2.45) is 0 Å². The Morgan fingerprint density at radius 1 is 1.02 bits per heavy atom. The highest BCUT2D eigenvalue weighted by molar-refractivity contribution is 7.21. The maximum atomic E-state index is 14.6. The molecule has 0 radical (unpaired) electrons. The number of nitrogens with one attached hydrogen (secondary N) is 1. The van der Waals surface area contributed by atoms with E-state index in [4.69, 9.17) is 16.3 Å². The average molecular weight is 583 g/mol. The SMILES string of the molecule is CCc1ccc(-c2ccc(OC)c(CN(C(=O)c3sc4c(F)ccc(F)c4c3Cl)[C@H]3CC[C@H](NC)CC3)c2)cc1. The van der Waals surface area contributed by atoms with Crippen molar-refractivity contribution in [3.63, 3.8) is 0 Å². The highest BCUT2D eigenvalue weighted by Gasteiger charge is 2.33. The number of carbonyl (C=O) groups excluding carboxylic acids is 1. The van der Waals surface area contributed by atoms with Gasteiger partial charge in [-0.1, -0.05) is 48.9 Å². The van der Waals surface area contributed by atoms with Crippen LogP contribution in [0, 0.1) is 11.6 Å². The van der Waals surface area contributed by atoms with Gasteiger partial charge in [0.2, 0.25) is 0 Å². The Bertz CT molecular complexity index is 1510. The molecule has 0 saturated heterocycles. The fourth-order valence-corrected chi connectivity index (χ4v) is 7.11. The highest BCUT2D eigenvalue weighted by Crippen LogP contribution is 2.40. The monoisotopic (exact) mass is 582 g/mol. The molecule has 0 bridgehead atoms. The third-order valence-electron chi connectivity index (χ3n) is 8.00. The third-order valence-corrected chi connectivity index (χ3v) is 9.68. The molecular formula is C32H33ClF2N2O2S.